The van der Waals surface area contributed by atoms with Gasteiger partial charge in [-0.05, 0) is 56.3 Å². The van der Waals surface area contributed by atoms with Crippen LogP contribution in [0.15, 0.2) is 70.4 Å². The highest BCUT2D eigenvalue weighted by Crippen LogP contribution is 2.22. The number of hydrogen-bond acceptors (Lipinski definition) is 4. The molecule has 1 amide bonds. The minimum absolute atomic E-state index is 0. The van der Waals surface area contributed by atoms with Gasteiger partial charge in [-0.3, -0.25) is 14.4 Å². The monoisotopic (exact) mass is 548 g/mol. The fourth-order valence-corrected chi connectivity index (χ4v) is 4.21. The Balaban J connectivity index is 0.00000241. The van der Waals surface area contributed by atoms with Crippen LogP contribution in [-0.4, -0.2) is 45.0 Å². The molecule has 204 valence electrons. The van der Waals surface area contributed by atoms with Gasteiger partial charge in [-0.25, -0.2) is 4.39 Å². The second kappa shape index (κ2) is 13.5. The van der Waals surface area contributed by atoms with Crippen molar-refractivity contribution in [1.82, 2.24) is 9.55 Å². The molecule has 12 heteroatoms. The lowest BCUT2D eigenvalue weighted by molar-refractivity contribution is 0.102. The number of fused-ring (bicyclic) bond motifs is 1. The first-order valence-electron chi connectivity index (χ1n) is 11.2. The zero-order valence-corrected chi connectivity index (χ0v) is 21.5. The van der Waals surface area contributed by atoms with E-state index in [0.717, 1.165) is 18.8 Å². The third-order valence-electron chi connectivity index (χ3n) is 5.85. The van der Waals surface area contributed by atoms with Crippen molar-refractivity contribution in [2.45, 2.75) is 20.4 Å². The summed E-state index contributed by atoms with van der Waals surface area (Å²) < 4.78 is 16.0. The molecule has 0 spiro atoms. The van der Waals surface area contributed by atoms with Gasteiger partial charge in [0, 0.05) is 47.3 Å². The van der Waals surface area contributed by atoms with E-state index in [4.69, 9.17) is 11.6 Å². The summed E-state index contributed by atoms with van der Waals surface area (Å²) in [4.78, 5) is 42.8. The van der Waals surface area contributed by atoms with Crippen LogP contribution in [0.3, 0.4) is 0 Å². The van der Waals surface area contributed by atoms with E-state index >= 15 is 0 Å². The number of halogens is 2. The van der Waals surface area contributed by atoms with Crippen LogP contribution in [-0.2, 0) is 6.54 Å². The van der Waals surface area contributed by atoms with E-state index in [2.05, 4.69) is 29.0 Å². The van der Waals surface area contributed by atoms with E-state index in [1.807, 2.05) is 12.1 Å². The molecule has 0 radical (unpaired) electrons. The number of rotatable bonds is 7. The Labute approximate surface area is 222 Å². The maximum absolute atomic E-state index is 14.5. The quantitative estimate of drug-likeness (QED) is 0.359. The molecular weight excluding hydrogens is 519 g/mol. The van der Waals surface area contributed by atoms with Crippen LogP contribution in [0.5, 0.6) is 0 Å². The Hall–Kier alpha value is -4.03. The van der Waals surface area contributed by atoms with E-state index in [9.17, 15) is 18.8 Å². The van der Waals surface area contributed by atoms with Crippen molar-refractivity contribution in [3.8, 4) is 0 Å². The summed E-state index contributed by atoms with van der Waals surface area (Å²) in [7, 11) is 0. The first-order valence-corrected chi connectivity index (χ1v) is 11.6. The molecule has 0 aliphatic rings. The molecule has 4 aromatic rings. The number of nitrogens with zero attached hydrogens (tertiary/aromatic N) is 2. The van der Waals surface area contributed by atoms with Gasteiger partial charge in [0.2, 0.25) is 11.0 Å². The molecule has 0 aliphatic heterocycles. The van der Waals surface area contributed by atoms with E-state index < -0.39 is 22.7 Å². The number of amides is 1. The van der Waals surface area contributed by atoms with Gasteiger partial charge in [0.25, 0.3) is 5.91 Å². The van der Waals surface area contributed by atoms with Gasteiger partial charge in [-0.2, -0.15) is 0 Å². The molecule has 2 heterocycles. The highest BCUT2D eigenvalue weighted by atomic mass is 35.5. The van der Waals surface area contributed by atoms with E-state index in [1.165, 1.54) is 35.0 Å². The molecule has 4 rings (SSSR count). The lowest BCUT2D eigenvalue weighted by atomic mass is 10.1. The Kier molecular flexibility index (Phi) is 11.4. The van der Waals surface area contributed by atoms with E-state index in [0.29, 0.717) is 11.2 Å². The predicted molar refractivity (Wildman–Crippen MR) is 148 cm³/mol. The maximum atomic E-state index is 14.5. The molecule has 10 nitrogen and oxygen atoms in total. The molecule has 0 aliphatic carbocycles. The second-order valence-electron chi connectivity index (χ2n) is 7.96. The normalized spacial score (nSPS) is 10.1. The molecular formula is C26H30ClFN4O6. The molecule has 0 fully saturated rings. The SMILES string of the molecule is CCN(CC)c1ccc(NC(=O)c2cn(Cc3c(F)cccc3Cl)c3ccc(=O)[nH]c3c2=O)cc1.O.O.O. The van der Waals surface area contributed by atoms with Crippen LogP contribution < -0.4 is 21.2 Å². The second-order valence-corrected chi connectivity index (χ2v) is 8.36. The first kappa shape index (κ1) is 32.0. The number of carbonyl (C=O) groups excluding carboxylic acids is 1. The summed E-state index contributed by atoms with van der Waals surface area (Å²) >= 11 is 6.20. The van der Waals surface area contributed by atoms with Gasteiger partial charge in [0.15, 0.2) is 0 Å². The summed E-state index contributed by atoms with van der Waals surface area (Å²) in [6.07, 6.45) is 1.35. The Morgan fingerprint density at radius 2 is 1.66 bits per heavy atom. The van der Waals surface area contributed by atoms with Crippen molar-refractivity contribution in [2.75, 3.05) is 23.3 Å². The minimum Gasteiger partial charge on any atom is -0.412 e. The molecule has 8 N–H and O–H groups in total. The average Bonchev–Trinajstić information content (AvgIpc) is 2.84. The largest absolute Gasteiger partial charge is 0.412 e. The molecule has 0 saturated carbocycles. The number of carbonyl (C=O) groups is 1. The number of anilines is 2. The lowest BCUT2D eigenvalue weighted by Crippen LogP contribution is -2.26. The summed E-state index contributed by atoms with van der Waals surface area (Å²) in [6.45, 7) is 5.77. The molecule has 38 heavy (non-hydrogen) atoms. The number of aromatic nitrogens is 2. The van der Waals surface area contributed by atoms with Gasteiger partial charge in [0.05, 0.1) is 12.1 Å². The van der Waals surface area contributed by atoms with E-state index in [-0.39, 0.29) is 44.6 Å². The van der Waals surface area contributed by atoms with Crippen LogP contribution in [0.1, 0.15) is 29.8 Å². The molecule has 0 saturated heterocycles. The Morgan fingerprint density at radius 3 is 2.26 bits per heavy atom. The highest BCUT2D eigenvalue weighted by Gasteiger charge is 2.18. The fourth-order valence-electron chi connectivity index (χ4n) is 3.99. The van der Waals surface area contributed by atoms with Crippen molar-refractivity contribution in [2.24, 2.45) is 0 Å². The van der Waals surface area contributed by atoms with Gasteiger partial charge in [-0.15, -0.1) is 0 Å². The summed E-state index contributed by atoms with van der Waals surface area (Å²) in [5.41, 5.74) is 0.698. The van der Waals surface area contributed by atoms with Crippen LogP contribution in [0, 0.1) is 5.82 Å². The number of aromatic amines is 1. The zero-order valence-electron chi connectivity index (χ0n) is 20.8. The van der Waals surface area contributed by atoms with Crippen molar-refractivity contribution < 1.29 is 25.6 Å². The number of pyridine rings is 2. The third kappa shape index (κ3) is 6.45. The van der Waals surface area contributed by atoms with Gasteiger partial charge in [0.1, 0.15) is 16.9 Å². The third-order valence-corrected chi connectivity index (χ3v) is 6.21. The number of benzene rings is 2. The topological polar surface area (TPSA) is 182 Å². The zero-order chi connectivity index (χ0) is 25.1. The average molecular weight is 549 g/mol. The van der Waals surface area contributed by atoms with Crippen molar-refractivity contribution >= 4 is 39.9 Å². The Bertz CT molecular complexity index is 1500. The van der Waals surface area contributed by atoms with Crippen LogP contribution in [0.2, 0.25) is 5.02 Å². The molecule has 0 unspecified atom stereocenters. The standard InChI is InChI=1S/C26H24ClFN4O3.3H2O/c1-3-31(4-2)17-10-8-16(9-11-17)29-26(35)19-15-32(14-18-20(27)6-5-7-21(18)28)22-12-13-23(33)30-24(22)25(19)34;;;/h5-13,15H,3-4,14H2,1-2H3,(H,29,35)(H,30,33);3*1H2. The minimum atomic E-state index is -0.648. The highest BCUT2D eigenvalue weighted by molar-refractivity contribution is 6.31. The van der Waals surface area contributed by atoms with Gasteiger partial charge in [-0.1, -0.05) is 17.7 Å². The summed E-state index contributed by atoms with van der Waals surface area (Å²) in [5.74, 6) is -1.17. The van der Waals surface area contributed by atoms with Crippen molar-refractivity contribution in [3.63, 3.8) is 0 Å². The first-order chi connectivity index (χ1) is 16.8. The molecule has 2 aromatic carbocycles. The van der Waals surface area contributed by atoms with Crippen LogP contribution in [0.25, 0.3) is 11.0 Å². The number of nitrogens with one attached hydrogen (secondary N) is 2. The van der Waals surface area contributed by atoms with Crippen molar-refractivity contribution in [1.29, 1.82) is 0 Å². The molecule has 2 aromatic heterocycles. The number of hydrogen-bond donors (Lipinski definition) is 2. The van der Waals surface area contributed by atoms with Crippen molar-refractivity contribution in [3.05, 3.63) is 103 Å². The van der Waals surface area contributed by atoms with Gasteiger partial charge < -0.3 is 36.2 Å². The molecule has 0 bridgehead atoms. The number of H-pyrrole nitrogens is 1. The maximum Gasteiger partial charge on any atom is 0.261 e. The van der Waals surface area contributed by atoms with E-state index in [1.54, 1.807) is 18.2 Å². The Morgan fingerprint density at radius 1 is 1.00 bits per heavy atom. The summed E-state index contributed by atoms with van der Waals surface area (Å²) in [5, 5.41) is 2.94. The predicted octanol–water partition coefficient (Wildman–Crippen LogP) is 2.16. The lowest BCUT2D eigenvalue weighted by Gasteiger charge is -2.21. The summed E-state index contributed by atoms with van der Waals surface area (Å²) in [6, 6.07) is 14.3. The fraction of sp³-hybridized carbons (Fsp3) is 0.192. The molecule has 0 atom stereocenters. The smallest absolute Gasteiger partial charge is 0.261 e. The van der Waals surface area contributed by atoms with Crippen LogP contribution >= 0.6 is 11.6 Å². The van der Waals surface area contributed by atoms with Crippen LogP contribution in [0.4, 0.5) is 15.8 Å². The van der Waals surface area contributed by atoms with Gasteiger partial charge >= 0.3 is 0 Å².